The van der Waals surface area contributed by atoms with Crippen LogP contribution in [0.2, 0.25) is 0 Å². The van der Waals surface area contributed by atoms with Crippen molar-refractivity contribution in [1.82, 2.24) is 9.37 Å². The predicted molar refractivity (Wildman–Crippen MR) is 102 cm³/mol. The van der Waals surface area contributed by atoms with E-state index >= 15 is 0 Å². The minimum Gasteiger partial charge on any atom is -0.496 e. The molecule has 0 aliphatic carbocycles. The van der Waals surface area contributed by atoms with Gasteiger partial charge in [0.05, 0.1) is 25.2 Å². The van der Waals surface area contributed by atoms with Crippen molar-refractivity contribution in [2.24, 2.45) is 0 Å². The largest absolute Gasteiger partial charge is 0.496 e. The van der Waals surface area contributed by atoms with Crippen molar-refractivity contribution in [3.63, 3.8) is 0 Å². The van der Waals surface area contributed by atoms with E-state index in [-0.39, 0.29) is 22.4 Å². The molecule has 2 rings (SSSR count). The Hall–Kier alpha value is -2.42. The number of sulfonamides is 1. The van der Waals surface area contributed by atoms with Crippen LogP contribution in [-0.2, 0) is 14.9 Å². The molecule has 146 valence electrons. The van der Waals surface area contributed by atoms with Crippen LogP contribution in [-0.4, -0.2) is 52.0 Å². The zero-order valence-corrected chi connectivity index (χ0v) is 16.9. The second-order valence-corrected chi connectivity index (χ2v) is 7.89. The van der Waals surface area contributed by atoms with Gasteiger partial charge in [-0.15, -0.1) is 0 Å². The molecule has 1 amide bonds. The lowest BCUT2D eigenvalue weighted by molar-refractivity contribution is -0.0258. The number of rotatable bonds is 7. The molecule has 1 unspecified atom stereocenters. The second kappa shape index (κ2) is 8.51. The van der Waals surface area contributed by atoms with Gasteiger partial charge in [0.15, 0.2) is 0 Å². The third kappa shape index (κ3) is 4.29. The standard InChI is InChI=1S/C19H24N2O5S/c1-14(17-11-6-7-12-18(17)25-4)20(2)19(22)15-9-8-10-16(13-15)27(23,24)21(3)26-5/h6-14H,1-5H3. The minimum absolute atomic E-state index is 0.0176. The quantitative estimate of drug-likeness (QED) is 0.677. The highest BCUT2D eigenvalue weighted by Crippen LogP contribution is 2.29. The topological polar surface area (TPSA) is 76.2 Å². The van der Waals surface area contributed by atoms with Crippen LogP contribution in [0, 0.1) is 0 Å². The maximum atomic E-state index is 12.9. The van der Waals surface area contributed by atoms with Crippen LogP contribution in [0.25, 0.3) is 0 Å². The summed E-state index contributed by atoms with van der Waals surface area (Å²) in [4.78, 5) is 19.2. The number of hydroxylamine groups is 1. The van der Waals surface area contributed by atoms with Crippen LogP contribution in [0.5, 0.6) is 5.75 Å². The number of amides is 1. The van der Waals surface area contributed by atoms with Crippen LogP contribution in [0.15, 0.2) is 53.4 Å². The maximum Gasteiger partial charge on any atom is 0.264 e. The Labute approximate surface area is 160 Å². The molecule has 0 N–H and O–H groups in total. The van der Waals surface area contributed by atoms with Crippen molar-refractivity contribution in [1.29, 1.82) is 0 Å². The van der Waals surface area contributed by atoms with Gasteiger partial charge in [-0.2, -0.15) is 0 Å². The van der Waals surface area contributed by atoms with Gasteiger partial charge in [-0.1, -0.05) is 28.7 Å². The highest BCUT2D eigenvalue weighted by atomic mass is 32.2. The first-order chi connectivity index (χ1) is 12.7. The van der Waals surface area contributed by atoms with Crippen molar-refractivity contribution >= 4 is 15.9 Å². The van der Waals surface area contributed by atoms with Crippen LogP contribution < -0.4 is 4.74 Å². The van der Waals surface area contributed by atoms with E-state index in [9.17, 15) is 13.2 Å². The van der Waals surface area contributed by atoms with E-state index in [4.69, 9.17) is 9.57 Å². The monoisotopic (exact) mass is 392 g/mol. The summed E-state index contributed by atoms with van der Waals surface area (Å²) < 4.78 is 30.9. The van der Waals surface area contributed by atoms with Gasteiger partial charge >= 0.3 is 0 Å². The number of carbonyl (C=O) groups excluding carboxylic acids is 1. The number of hydrogen-bond donors (Lipinski definition) is 0. The van der Waals surface area contributed by atoms with Gasteiger partial charge in [-0.25, -0.2) is 8.42 Å². The average molecular weight is 392 g/mol. The Bertz CT molecular complexity index is 914. The molecule has 0 aliphatic heterocycles. The van der Waals surface area contributed by atoms with Gasteiger partial charge in [0.25, 0.3) is 15.9 Å². The molecule has 2 aromatic carbocycles. The molecule has 0 saturated heterocycles. The Morgan fingerprint density at radius 1 is 1.04 bits per heavy atom. The average Bonchev–Trinajstić information content (AvgIpc) is 2.71. The number of methoxy groups -OCH3 is 1. The predicted octanol–water partition coefficient (Wildman–Crippen LogP) is 2.71. The molecule has 0 aliphatic rings. The van der Waals surface area contributed by atoms with Crippen LogP contribution >= 0.6 is 0 Å². The first kappa shape index (κ1) is 20.9. The zero-order chi connectivity index (χ0) is 20.2. The summed E-state index contributed by atoms with van der Waals surface area (Å²) in [7, 11) is 1.96. The third-order valence-electron chi connectivity index (χ3n) is 4.46. The number of nitrogens with zero attached hydrogens (tertiary/aromatic N) is 2. The number of benzene rings is 2. The lowest BCUT2D eigenvalue weighted by Crippen LogP contribution is -2.30. The summed E-state index contributed by atoms with van der Waals surface area (Å²) in [6.07, 6.45) is 0. The first-order valence-corrected chi connectivity index (χ1v) is 9.71. The molecule has 1 atom stereocenters. The number of para-hydroxylation sites is 1. The first-order valence-electron chi connectivity index (χ1n) is 8.27. The molecule has 0 radical (unpaired) electrons. The van der Waals surface area contributed by atoms with Gasteiger partial charge in [0.2, 0.25) is 0 Å². The summed E-state index contributed by atoms with van der Waals surface area (Å²) in [5.41, 5.74) is 1.13. The SMILES string of the molecule is COc1ccccc1C(C)N(C)C(=O)c1cccc(S(=O)(=O)N(C)OC)c1. The van der Waals surface area contributed by atoms with Gasteiger partial charge in [-0.05, 0) is 31.2 Å². The van der Waals surface area contributed by atoms with E-state index in [1.807, 2.05) is 31.2 Å². The van der Waals surface area contributed by atoms with Crippen LogP contribution in [0.4, 0.5) is 0 Å². The Morgan fingerprint density at radius 2 is 1.70 bits per heavy atom. The van der Waals surface area contributed by atoms with Gasteiger partial charge in [0.1, 0.15) is 5.75 Å². The highest BCUT2D eigenvalue weighted by Gasteiger charge is 2.25. The van der Waals surface area contributed by atoms with Gasteiger partial charge in [0, 0.05) is 25.2 Å². The molecule has 0 aromatic heterocycles. The molecule has 27 heavy (non-hydrogen) atoms. The smallest absolute Gasteiger partial charge is 0.264 e. The van der Waals surface area contributed by atoms with E-state index < -0.39 is 10.0 Å². The van der Waals surface area contributed by atoms with Crippen molar-refractivity contribution in [2.45, 2.75) is 17.9 Å². The Kier molecular flexibility index (Phi) is 6.59. The normalized spacial score (nSPS) is 12.7. The summed E-state index contributed by atoms with van der Waals surface area (Å²) in [5, 5.41) is 0. The summed E-state index contributed by atoms with van der Waals surface area (Å²) in [6, 6.07) is 13.1. The Morgan fingerprint density at radius 3 is 2.33 bits per heavy atom. The summed E-state index contributed by atoms with van der Waals surface area (Å²) in [6.45, 7) is 1.88. The molecule has 2 aromatic rings. The van der Waals surface area contributed by atoms with Crippen molar-refractivity contribution in [2.75, 3.05) is 28.3 Å². The van der Waals surface area contributed by atoms with Crippen LogP contribution in [0.3, 0.4) is 0 Å². The van der Waals surface area contributed by atoms with Crippen molar-refractivity contribution in [3.8, 4) is 5.75 Å². The lowest BCUT2D eigenvalue weighted by atomic mass is 10.0. The summed E-state index contributed by atoms with van der Waals surface area (Å²) in [5.74, 6) is 0.383. The molecule has 0 heterocycles. The van der Waals surface area contributed by atoms with Crippen molar-refractivity contribution < 1.29 is 22.8 Å². The summed E-state index contributed by atoms with van der Waals surface area (Å²) >= 11 is 0. The number of hydrogen-bond acceptors (Lipinski definition) is 5. The van der Waals surface area contributed by atoms with Crippen LogP contribution in [0.1, 0.15) is 28.9 Å². The third-order valence-corrected chi connectivity index (χ3v) is 6.14. The van der Waals surface area contributed by atoms with E-state index in [1.165, 1.54) is 32.4 Å². The minimum atomic E-state index is -3.83. The van der Waals surface area contributed by atoms with E-state index in [2.05, 4.69) is 0 Å². The fraction of sp³-hybridized carbons (Fsp3) is 0.316. The molecule has 8 heteroatoms. The Balaban J connectivity index is 2.33. The molecule has 7 nitrogen and oxygen atoms in total. The highest BCUT2D eigenvalue weighted by molar-refractivity contribution is 7.89. The molecular formula is C19H24N2O5S. The fourth-order valence-corrected chi connectivity index (χ4v) is 3.66. The number of carbonyl (C=O) groups is 1. The molecule has 0 bridgehead atoms. The van der Waals surface area contributed by atoms with Crippen molar-refractivity contribution in [3.05, 3.63) is 59.7 Å². The van der Waals surface area contributed by atoms with Gasteiger partial charge < -0.3 is 9.64 Å². The molecule has 0 fully saturated rings. The molecular weight excluding hydrogens is 368 g/mol. The fourth-order valence-electron chi connectivity index (χ4n) is 2.64. The molecule has 0 spiro atoms. The van der Waals surface area contributed by atoms with E-state index in [0.717, 1.165) is 10.0 Å². The van der Waals surface area contributed by atoms with E-state index in [1.54, 1.807) is 25.1 Å². The lowest BCUT2D eigenvalue weighted by Gasteiger charge is -2.27. The molecule has 0 saturated carbocycles. The second-order valence-electron chi connectivity index (χ2n) is 5.96. The van der Waals surface area contributed by atoms with E-state index in [0.29, 0.717) is 5.75 Å². The zero-order valence-electron chi connectivity index (χ0n) is 16.0. The number of ether oxygens (including phenoxy) is 1. The van der Waals surface area contributed by atoms with Gasteiger partial charge in [-0.3, -0.25) is 9.63 Å². The maximum absolute atomic E-state index is 12.9.